The van der Waals surface area contributed by atoms with Crippen molar-refractivity contribution in [3.63, 3.8) is 0 Å². The Balaban J connectivity index is 2.05. The van der Waals surface area contributed by atoms with Gasteiger partial charge in [0.05, 0.1) is 5.03 Å². The smallest absolute Gasteiger partial charge is 0.126 e. The van der Waals surface area contributed by atoms with E-state index in [9.17, 15) is 0 Å². The van der Waals surface area contributed by atoms with Crippen molar-refractivity contribution in [1.82, 2.24) is 4.98 Å². The summed E-state index contributed by atoms with van der Waals surface area (Å²) >= 11 is 7.78. The number of thioether (sulfide) groups is 1. The standard InChI is InChI=1S/C13H13ClN2S/c1-15-12-7-4-8-13(16-12)17-9-10-5-2-3-6-11(10)14/h2-8H,9H2,1H3,(H,15,16). The van der Waals surface area contributed by atoms with Crippen molar-refractivity contribution in [1.29, 1.82) is 0 Å². The number of pyridine rings is 1. The third-order valence-electron chi connectivity index (χ3n) is 2.31. The molecule has 0 atom stereocenters. The molecule has 17 heavy (non-hydrogen) atoms. The van der Waals surface area contributed by atoms with Gasteiger partial charge < -0.3 is 5.32 Å². The van der Waals surface area contributed by atoms with Gasteiger partial charge in [0.2, 0.25) is 0 Å². The first-order chi connectivity index (χ1) is 8.29. The lowest BCUT2D eigenvalue weighted by Gasteiger charge is -2.05. The fraction of sp³-hybridized carbons (Fsp3) is 0.154. The molecule has 0 aliphatic rings. The molecule has 1 heterocycles. The van der Waals surface area contributed by atoms with Gasteiger partial charge in [-0.2, -0.15) is 0 Å². The van der Waals surface area contributed by atoms with Gasteiger partial charge in [-0.25, -0.2) is 4.98 Å². The first kappa shape index (κ1) is 12.3. The lowest BCUT2D eigenvalue weighted by atomic mass is 10.2. The number of benzene rings is 1. The number of hydrogen-bond acceptors (Lipinski definition) is 3. The lowest BCUT2D eigenvalue weighted by molar-refractivity contribution is 1.12. The summed E-state index contributed by atoms with van der Waals surface area (Å²) in [6, 6.07) is 13.8. The highest BCUT2D eigenvalue weighted by Crippen LogP contribution is 2.25. The van der Waals surface area contributed by atoms with Gasteiger partial charge in [0.25, 0.3) is 0 Å². The maximum atomic E-state index is 6.10. The fourth-order valence-electron chi connectivity index (χ4n) is 1.40. The van der Waals surface area contributed by atoms with Crippen LogP contribution in [0.2, 0.25) is 5.02 Å². The Morgan fingerprint density at radius 1 is 1.18 bits per heavy atom. The molecule has 1 aromatic carbocycles. The molecule has 2 nitrogen and oxygen atoms in total. The first-order valence-electron chi connectivity index (χ1n) is 5.30. The summed E-state index contributed by atoms with van der Waals surface area (Å²) in [6.45, 7) is 0. The van der Waals surface area contributed by atoms with Crippen molar-refractivity contribution in [3.05, 3.63) is 53.1 Å². The molecular weight excluding hydrogens is 252 g/mol. The minimum Gasteiger partial charge on any atom is -0.373 e. The lowest BCUT2D eigenvalue weighted by Crippen LogP contribution is -1.92. The molecule has 0 aliphatic heterocycles. The Bertz CT molecular complexity index is 502. The number of aromatic nitrogens is 1. The van der Waals surface area contributed by atoms with Crippen LogP contribution >= 0.6 is 23.4 Å². The molecular formula is C13H13ClN2S. The van der Waals surface area contributed by atoms with E-state index >= 15 is 0 Å². The van der Waals surface area contributed by atoms with Crippen LogP contribution in [0.25, 0.3) is 0 Å². The Morgan fingerprint density at radius 2 is 2.00 bits per heavy atom. The molecule has 2 aromatic rings. The second-order valence-corrected chi connectivity index (χ2v) is 4.89. The Kier molecular flexibility index (Phi) is 4.29. The summed E-state index contributed by atoms with van der Waals surface area (Å²) in [5, 5.41) is 4.83. The van der Waals surface area contributed by atoms with Gasteiger partial charge in [-0.1, -0.05) is 35.9 Å². The molecule has 0 radical (unpaired) electrons. The number of nitrogens with zero attached hydrogens (tertiary/aromatic N) is 1. The van der Waals surface area contributed by atoms with Crippen LogP contribution in [0.5, 0.6) is 0 Å². The molecule has 0 fully saturated rings. The van der Waals surface area contributed by atoms with E-state index in [1.165, 1.54) is 0 Å². The topological polar surface area (TPSA) is 24.9 Å². The monoisotopic (exact) mass is 264 g/mol. The zero-order valence-electron chi connectivity index (χ0n) is 9.48. The number of halogens is 1. The predicted molar refractivity (Wildman–Crippen MR) is 74.8 cm³/mol. The predicted octanol–water partition coefficient (Wildman–Crippen LogP) is 4.07. The van der Waals surface area contributed by atoms with Crippen molar-refractivity contribution < 1.29 is 0 Å². The van der Waals surface area contributed by atoms with E-state index in [0.717, 1.165) is 27.2 Å². The van der Waals surface area contributed by atoms with E-state index in [1.807, 2.05) is 49.5 Å². The van der Waals surface area contributed by atoms with Crippen LogP contribution in [-0.2, 0) is 5.75 Å². The van der Waals surface area contributed by atoms with Gasteiger partial charge in [0, 0.05) is 17.8 Å². The van der Waals surface area contributed by atoms with Crippen LogP contribution in [0.4, 0.5) is 5.82 Å². The van der Waals surface area contributed by atoms with E-state index in [1.54, 1.807) is 11.8 Å². The highest BCUT2D eigenvalue weighted by Gasteiger charge is 2.01. The molecule has 0 saturated heterocycles. The van der Waals surface area contributed by atoms with Crippen LogP contribution in [-0.4, -0.2) is 12.0 Å². The summed E-state index contributed by atoms with van der Waals surface area (Å²) in [5.41, 5.74) is 1.14. The van der Waals surface area contributed by atoms with Gasteiger partial charge in [-0.05, 0) is 23.8 Å². The van der Waals surface area contributed by atoms with Crippen LogP contribution in [0.1, 0.15) is 5.56 Å². The molecule has 0 bridgehead atoms. The third-order valence-corrected chi connectivity index (χ3v) is 3.66. The zero-order valence-corrected chi connectivity index (χ0v) is 11.1. The van der Waals surface area contributed by atoms with Crippen molar-refractivity contribution in [2.24, 2.45) is 0 Å². The fourth-order valence-corrected chi connectivity index (χ4v) is 2.58. The van der Waals surface area contributed by atoms with Crippen molar-refractivity contribution in [3.8, 4) is 0 Å². The summed E-state index contributed by atoms with van der Waals surface area (Å²) in [6.07, 6.45) is 0. The Hall–Kier alpha value is -1.19. The third kappa shape index (κ3) is 3.38. The SMILES string of the molecule is CNc1cccc(SCc2ccccc2Cl)n1. The normalized spacial score (nSPS) is 10.2. The van der Waals surface area contributed by atoms with Gasteiger partial charge in [-0.3, -0.25) is 0 Å². The molecule has 0 spiro atoms. The molecule has 0 saturated carbocycles. The van der Waals surface area contributed by atoms with E-state index in [4.69, 9.17) is 11.6 Å². The number of anilines is 1. The van der Waals surface area contributed by atoms with Crippen LogP contribution in [0.3, 0.4) is 0 Å². The maximum Gasteiger partial charge on any atom is 0.126 e. The summed E-state index contributed by atoms with van der Waals surface area (Å²) < 4.78 is 0. The number of nitrogens with one attached hydrogen (secondary N) is 1. The summed E-state index contributed by atoms with van der Waals surface area (Å²) in [5.74, 6) is 1.72. The highest BCUT2D eigenvalue weighted by molar-refractivity contribution is 7.98. The van der Waals surface area contributed by atoms with Gasteiger partial charge >= 0.3 is 0 Å². The molecule has 4 heteroatoms. The van der Waals surface area contributed by atoms with Crippen molar-refractivity contribution in [2.75, 3.05) is 12.4 Å². The second-order valence-electron chi connectivity index (χ2n) is 3.49. The van der Waals surface area contributed by atoms with Crippen LogP contribution in [0, 0.1) is 0 Å². The molecule has 1 N–H and O–H groups in total. The van der Waals surface area contributed by atoms with E-state index < -0.39 is 0 Å². The number of hydrogen-bond donors (Lipinski definition) is 1. The molecule has 0 unspecified atom stereocenters. The Labute approximate surface area is 110 Å². The zero-order chi connectivity index (χ0) is 12.1. The highest BCUT2D eigenvalue weighted by atomic mass is 35.5. The van der Waals surface area contributed by atoms with Gasteiger partial charge in [0.15, 0.2) is 0 Å². The van der Waals surface area contributed by atoms with Crippen LogP contribution < -0.4 is 5.32 Å². The average molecular weight is 265 g/mol. The van der Waals surface area contributed by atoms with E-state index in [0.29, 0.717) is 0 Å². The molecule has 0 aliphatic carbocycles. The maximum absolute atomic E-state index is 6.10. The minimum atomic E-state index is 0.810. The minimum absolute atomic E-state index is 0.810. The molecule has 1 aromatic heterocycles. The quantitative estimate of drug-likeness (QED) is 0.843. The summed E-state index contributed by atoms with van der Waals surface area (Å²) in [7, 11) is 1.87. The van der Waals surface area contributed by atoms with Crippen molar-refractivity contribution >= 4 is 29.2 Å². The van der Waals surface area contributed by atoms with Crippen LogP contribution in [0.15, 0.2) is 47.5 Å². The van der Waals surface area contributed by atoms with E-state index in [2.05, 4.69) is 10.3 Å². The largest absolute Gasteiger partial charge is 0.373 e. The summed E-state index contributed by atoms with van der Waals surface area (Å²) in [4.78, 5) is 4.44. The molecule has 2 rings (SSSR count). The van der Waals surface area contributed by atoms with Gasteiger partial charge in [-0.15, -0.1) is 11.8 Å². The van der Waals surface area contributed by atoms with E-state index in [-0.39, 0.29) is 0 Å². The average Bonchev–Trinajstić information content (AvgIpc) is 2.38. The van der Waals surface area contributed by atoms with Crippen molar-refractivity contribution in [2.45, 2.75) is 10.8 Å². The Morgan fingerprint density at radius 3 is 2.76 bits per heavy atom. The second kappa shape index (κ2) is 5.94. The molecule has 0 amide bonds. The van der Waals surface area contributed by atoms with Gasteiger partial charge in [0.1, 0.15) is 5.82 Å². The first-order valence-corrected chi connectivity index (χ1v) is 6.67. The number of rotatable bonds is 4. The molecule has 88 valence electrons.